The summed E-state index contributed by atoms with van der Waals surface area (Å²) >= 11 is 0. The number of nitrogens with one attached hydrogen (secondary N) is 1. The van der Waals surface area contributed by atoms with Crippen molar-refractivity contribution in [3.63, 3.8) is 0 Å². The molecular weight excluding hydrogens is 476 g/mol. The molecule has 1 fully saturated rings. The van der Waals surface area contributed by atoms with Crippen LogP contribution in [0, 0.1) is 0 Å². The lowest BCUT2D eigenvalue weighted by Gasteiger charge is -2.32. The Kier molecular flexibility index (Phi) is 9.19. The molecule has 3 aromatic carbocycles. The molecule has 38 heavy (non-hydrogen) atoms. The highest BCUT2D eigenvalue weighted by molar-refractivity contribution is 5.86. The van der Waals surface area contributed by atoms with Gasteiger partial charge in [-0.3, -0.25) is 4.79 Å². The van der Waals surface area contributed by atoms with Crippen molar-refractivity contribution in [2.75, 3.05) is 6.54 Å². The van der Waals surface area contributed by atoms with Crippen LogP contribution in [-0.2, 0) is 33.7 Å². The van der Waals surface area contributed by atoms with E-state index in [-0.39, 0.29) is 18.1 Å². The first kappa shape index (κ1) is 27.4. The molecule has 4 rings (SSSR count). The van der Waals surface area contributed by atoms with Gasteiger partial charge in [-0.2, -0.15) is 0 Å². The van der Waals surface area contributed by atoms with E-state index in [4.69, 9.17) is 9.47 Å². The van der Waals surface area contributed by atoms with Crippen molar-refractivity contribution in [2.45, 2.75) is 70.4 Å². The van der Waals surface area contributed by atoms with Crippen molar-refractivity contribution in [3.05, 3.63) is 108 Å². The van der Waals surface area contributed by atoms with Gasteiger partial charge in [-0.15, -0.1) is 0 Å². The van der Waals surface area contributed by atoms with Gasteiger partial charge in [0.05, 0.1) is 18.8 Å². The number of benzene rings is 3. The standard InChI is InChI=1S/C32H38N2O4/c1-32(2,3)38-31(36)33-27(21-24-13-7-4-8-14-24)30(35)34-20-19-29(37-23-26-17-11-6-12-18-26)28(34)22-25-15-9-5-10-16-25/h4-18,27-29H,19-23H2,1-3H3,(H,33,36)/t27-,28-,29-/m0/s1. The van der Waals surface area contributed by atoms with Crippen LogP contribution in [0.25, 0.3) is 0 Å². The summed E-state index contributed by atoms with van der Waals surface area (Å²) in [4.78, 5) is 28.7. The Hall–Kier alpha value is -3.64. The smallest absolute Gasteiger partial charge is 0.408 e. The highest BCUT2D eigenvalue weighted by Crippen LogP contribution is 2.27. The fourth-order valence-corrected chi connectivity index (χ4v) is 4.87. The summed E-state index contributed by atoms with van der Waals surface area (Å²) in [7, 11) is 0. The number of hydrogen-bond acceptors (Lipinski definition) is 4. The zero-order valence-electron chi connectivity index (χ0n) is 22.5. The lowest BCUT2D eigenvalue weighted by atomic mass is 10.00. The third-order valence-electron chi connectivity index (χ3n) is 6.63. The molecule has 0 spiro atoms. The Morgan fingerprint density at radius 2 is 1.42 bits per heavy atom. The maximum absolute atomic E-state index is 14.1. The molecule has 0 aliphatic carbocycles. The summed E-state index contributed by atoms with van der Waals surface area (Å²) in [5.41, 5.74) is 2.55. The van der Waals surface area contributed by atoms with Crippen molar-refractivity contribution in [2.24, 2.45) is 0 Å². The summed E-state index contributed by atoms with van der Waals surface area (Å²) in [6, 6.07) is 29.1. The number of carbonyl (C=O) groups excluding carboxylic acids is 2. The normalized spacial score (nSPS) is 18.1. The highest BCUT2D eigenvalue weighted by atomic mass is 16.6. The van der Waals surface area contributed by atoms with E-state index in [1.165, 1.54) is 0 Å². The Labute approximate surface area is 226 Å². The first-order valence-corrected chi connectivity index (χ1v) is 13.3. The van der Waals surface area contributed by atoms with Crippen molar-refractivity contribution < 1.29 is 19.1 Å². The molecule has 200 valence electrons. The first-order valence-electron chi connectivity index (χ1n) is 13.3. The number of alkyl carbamates (subject to hydrolysis) is 1. The Bertz CT molecular complexity index is 1160. The minimum atomic E-state index is -0.751. The molecule has 3 aromatic rings. The van der Waals surface area contributed by atoms with Crippen LogP contribution in [-0.4, -0.2) is 47.2 Å². The van der Waals surface area contributed by atoms with Gasteiger partial charge in [-0.25, -0.2) is 4.79 Å². The van der Waals surface area contributed by atoms with Gasteiger partial charge >= 0.3 is 6.09 Å². The topological polar surface area (TPSA) is 67.9 Å². The van der Waals surface area contributed by atoms with Crippen molar-refractivity contribution in [1.29, 1.82) is 0 Å². The van der Waals surface area contributed by atoms with Crippen LogP contribution in [0.5, 0.6) is 0 Å². The molecule has 2 amide bonds. The fourth-order valence-electron chi connectivity index (χ4n) is 4.87. The number of carbonyl (C=O) groups is 2. The van der Waals surface area contributed by atoms with E-state index in [0.717, 1.165) is 23.1 Å². The van der Waals surface area contributed by atoms with E-state index >= 15 is 0 Å². The van der Waals surface area contributed by atoms with E-state index in [2.05, 4.69) is 17.4 Å². The van der Waals surface area contributed by atoms with Crippen LogP contribution in [0.1, 0.15) is 43.9 Å². The zero-order valence-corrected chi connectivity index (χ0v) is 22.5. The van der Waals surface area contributed by atoms with Crippen LogP contribution >= 0.6 is 0 Å². The molecule has 3 atom stereocenters. The summed E-state index contributed by atoms with van der Waals surface area (Å²) < 4.78 is 11.9. The number of amides is 2. The Morgan fingerprint density at radius 1 is 0.868 bits per heavy atom. The van der Waals surface area contributed by atoms with Crippen LogP contribution < -0.4 is 5.32 Å². The van der Waals surface area contributed by atoms with E-state index in [0.29, 0.717) is 26.0 Å². The molecule has 6 heteroatoms. The monoisotopic (exact) mass is 514 g/mol. The molecule has 1 saturated heterocycles. The predicted octanol–water partition coefficient (Wildman–Crippen LogP) is 5.55. The third-order valence-corrected chi connectivity index (χ3v) is 6.63. The van der Waals surface area contributed by atoms with Gasteiger partial charge in [0.25, 0.3) is 0 Å². The lowest BCUT2D eigenvalue weighted by molar-refractivity contribution is -0.135. The van der Waals surface area contributed by atoms with Gasteiger partial charge in [0.2, 0.25) is 5.91 Å². The lowest BCUT2D eigenvalue weighted by Crippen LogP contribution is -2.53. The summed E-state index contributed by atoms with van der Waals surface area (Å²) in [6.45, 7) is 6.49. The van der Waals surface area contributed by atoms with Crippen LogP contribution in [0.15, 0.2) is 91.0 Å². The number of ether oxygens (including phenoxy) is 2. The molecule has 1 aliphatic heterocycles. The van der Waals surface area contributed by atoms with Crippen molar-refractivity contribution in [3.8, 4) is 0 Å². The molecule has 6 nitrogen and oxygen atoms in total. The Morgan fingerprint density at radius 3 is 2.00 bits per heavy atom. The molecule has 0 bridgehead atoms. The van der Waals surface area contributed by atoms with Crippen LogP contribution in [0.3, 0.4) is 0 Å². The summed E-state index contributed by atoms with van der Waals surface area (Å²) in [6.07, 6.45) is 1.08. The van der Waals surface area contributed by atoms with E-state index in [1.807, 2.05) is 105 Å². The van der Waals surface area contributed by atoms with Gasteiger partial charge in [0.15, 0.2) is 0 Å². The second-order valence-electron chi connectivity index (χ2n) is 10.8. The quantitative estimate of drug-likeness (QED) is 0.407. The van der Waals surface area contributed by atoms with E-state index < -0.39 is 17.7 Å². The molecule has 0 aromatic heterocycles. The van der Waals surface area contributed by atoms with Gasteiger partial charge in [-0.05, 0) is 50.3 Å². The van der Waals surface area contributed by atoms with Crippen molar-refractivity contribution in [1.82, 2.24) is 10.2 Å². The molecule has 1 N–H and O–H groups in total. The number of rotatable bonds is 9. The average molecular weight is 515 g/mol. The van der Waals surface area contributed by atoms with Crippen LogP contribution in [0.4, 0.5) is 4.79 Å². The molecule has 0 radical (unpaired) electrons. The van der Waals surface area contributed by atoms with Crippen LogP contribution in [0.2, 0.25) is 0 Å². The minimum absolute atomic E-state index is 0.113. The molecule has 0 unspecified atom stereocenters. The Balaban J connectivity index is 1.55. The summed E-state index contributed by atoms with van der Waals surface area (Å²) in [5.74, 6) is -0.119. The number of hydrogen-bond donors (Lipinski definition) is 1. The predicted molar refractivity (Wildman–Crippen MR) is 149 cm³/mol. The average Bonchev–Trinajstić information content (AvgIpc) is 3.29. The van der Waals surface area contributed by atoms with Gasteiger partial charge < -0.3 is 19.7 Å². The molecule has 1 heterocycles. The fraction of sp³-hybridized carbons (Fsp3) is 0.375. The number of likely N-dealkylation sites (tertiary alicyclic amines) is 1. The largest absolute Gasteiger partial charge is 0.444 e. The maximum atomic E-state index is 14.1. The van der Waals surface area contributed by atoms with Crippen molar-refractivity contribution >= 4 is 12.0 Å². The SMILES string of the molecule is CC(C)(C)OC(=O)N[C@@H](Cc1ccccc1)C(=O)N1CC[C@H](OCc2ccccc2)[C@@H]1Cc1ccccc1. The highest BCUT2D eigenvalue weighted by Gasteiger charge is 2.40. The first-order chi connectivity index (χ1) is 18.3. The van der Waals surface area contributed by atoms with Gasteiger partial charge in [0.1, 0.15) is 11.6 Å². The van der Waals surface area contributed by atoms with E-state index in [9.17, 15) is 9.59 Å². The number of nitrogens with zero attached hydrogens (tertiary/aromatic N) is 1. The molecular formula is C32H38N2O4. The second kappa shape index (κ2) is 12.7. The van der Waals surface area contributed by atoms with E-state index in [1.54, 1.807) is 0 Å². The minimum Gasteiger partial charge on any atom is -0.444 e. The second-order valence-corrected chi connectivity index (χ2v) is 10.8. The molecule has 1 aliphatic rings. The van der Waals surface area contributed by atoms with Gasteiger partial charge in [0, 0.05) is 13.0 Å². The zero-order chi connectivity index (χ0) is 27.0. The third kappa shape index (κ3) is 7.93. The maximum Gasteiger partial charge on any atom is 0.408 e. The summed E-state index contributed by atoms with van der Waals surface area (Å²) in [5, 5.41) is 2.86. The molecule has 0 saturated carbocycles. The van der Waals surface area contributed by atoms with Gasteiger partial charge in [-0.1, -0.05) is 91.0 Å².